The minimum atomic E-state index is -4.88. The van der Waals surface area contributed by atoms with Crippen LogP contribution >= 0.6 is 0 Å². The van der Waals surface area contributed by atoms with Crippen LogP contribution in [0.3, 0.4) is 0 Å². The van der Waals surface area contributed by atoms with Crippen LogP contribution in [-0.2, 0) is 10.0 Å². The SMILES string of the molecule is CC1CCCN(S(=O)(=O)c2cnc(C(=O)NCC(O)C(F)(F)F)c(N)c2)C1. The second-order valence-corrected chi connectivity index (χ2v) is 8.42. The molecule has 2 heterocycles. The summed E-state index contributed by atoms with van der Waals surface area (Å²) in [7, 11) is -3.83. The number of aliphatic hydroxyl groups excluding tert-OH is 1. The van der Waals surface area contributed by atoms with Gasteiger partial charge in [0, 0.05) is 19.3 Å². The summed E-state index contributed by atoms with van der Waals surface area (Å²) in [5, 5.41) is 10.8. The Hall–Kier alpha value is -1.92. The molecule has 152 valence electrons. The van der Waals surface area contributed by atoms with Crippen LogP contribution < -0.4 is 11.1 Å². The van der Waals surface area contributed by atoms with Crippen LogP contribution in [-0.4, -0.2) is 60.6 Å². The van der Waals surface area contributed by atoms with Crippen molar-refractivity contribution in [1.29, 1.82) is 0 Å². The molecule has 0 radical (unpaired) electrons. The first-order valence-electron chi connectivity index (χ1n) is 8.21. The lowest BCUT2D eigenvalue weighted by atomic mass is 10.0. The fourth-order valence-corrected chi connectivity index (χ4v) is 4.28. The molecule has 27 heavy (non-hydrogen) atoms. The van der Waals surface area contributed by atoms with Crippen LogP contribution in [0.2, 0.25) is 0 Å². The number of sulfonamides is 1. The number of hydrogen-bond acceptors (Lipinski definition) is 6. The lowest BCUT2D eigenvalue weighted by Crippen LogP contribution is -2.41. The first-order valence-corrected chi connectivity index (χ1v) is 9.65. The van der Waals surface area contributed by atoms with E-state index in [1.165, 1.54) is 4.31 Å². The normalized spacial score (nSPS) is 20.3. The van der Waals surface area contributed by atoms with Gasteiger partial charge in [0.1, 0.15) is 4.90 Å². The molecule has 8 nitrogen and oxygen atoms in total. The minimum Gasteiger partial charge on any atom is -0.397 e. The molecule has 12 heteroatoms. The number of carbonyl (C=O) groups excluding carboxylic acids is 1. The van der Waals surface area contributed by atoms with Crippen molar-refractivity contribution in [3.8, 4) is 0 Å². The Labute approximate surface area is 154 Å². The van der Waals surface area contributed by atoms with E-state index in [0.29, 0.717) is 13.1 Å². The zero-order valence-corrected chi connectivity index (χ0v) is 15.3. The van der Waals surface area contributed by atoms with Crippen molar-refractivity contribution in [2.45, 2.75) is 36.9 Å². The molecule has 2 unspecified atom stereocenters. The second-order valence-electron chi connectivity index (χ2n) is 6.49. The summed E-state index contributed by atoms with van der Waals surface area (Å²) in [5.74, 6) is -0.838. The molecule has 1 aliphatic heterocycles. The van der Waals surface area contributed by atoms with Gasteiger partial charge in [0.2, 0.25) is 10.0 Å². The number of nitrogens with one attached hydrogen (secondary N) is 1. The van der Waals surface area contributed by atoms with E-state index in [4.69, 9.17) is 10.8 Å². The number of aliphatic hydroxyl groups is 1. The van der Waals surface area contributed by atoms with Gasteiger partial charge in [-0.3, -0.25) is 4.79 Å². The number of nitrogen functional groups attached to an aromatic ring is 1. The van der Waals surface area contributed by atoms with Crippen molar-refractivity contribution in [2.24, 2.45) is 5.92 Å². The Morgan fingerprint density at radius 2 is 2.19 bits per heavy atom. The number of carbonyl (C=O) groups is 1. The van der Waals surface area contributed by atoms with Gasteiger partial charge in [-0.2, -0.15) is 17.5 Å². The average Bonchev–Trinajstić information content (AvgIpc) is 2.58. The van der Waals surface area contributed by atoms with Crippen molar-refractivity contribution in [2.75, 3.05) is 25.4 Å². The molecule has 1 saturated heterocycles. The van der Waals surface area contributed by atoms with Crippen molar-refractivity contribution in [1.82, 2.24) is 14.6 Å². The molecule has 0 bridgehead atoms. The number of aromatic nitrogens is 1. The Morgan fingerprint density at radius 1 is 1.52 bits per heavy atom. The number of pyridine rings is 1. The average molecular weight is 410 g/mol. The number of rotatable bonds is 5. The smallest absolute Gasteiger partial charge is 0.397 e. The van der Waals surface area contributed by atoms with Crippen molar-refractivity contribution >= 4 is 21.6 Å². The molecule has 0 saturated carbocycles. The molecule has 2 rings (SSSR count). The second kappa shape index (κ2) is 7.98. The van der Waals surface area contributed by atoms with Crippen LogP contribution in [0.15, 0.2) is 17.2 Å². The molecular weight excluding hydrogens is 389 g/mol. The molecule has 1 aliphatic rings. The summed E-state index contributed by atoms with van der Waals surface area (Å²) in [4.78, 5) is 15.4. The van der Waals surface area contributed by atoms with Crippen LogP contribution in [0.25, 0.3) is 0 Å². The molecule has 0 spiro atoms. The number of amides is 1. The summed E-state index contributed by atoms with van der Waals surface area (Å²) >= 11 is 0. The third kappa shape index (κ3) is 5.08. The Morgan fingerprint density at radius 3 is 2.74 bits per heavy atom. The maximum atomic E-state index is 12.7. The number of alkyl halides is 3. The van der Waals surface area contributed by atoms with Crippen molar-refractivity contribution < 1.29 is 31.5 Å². The van der Waals surface area contributed by atoms with E-state index < -0.39 is 40.4 Å². The number of hydrogen-bond donors (Lipinski definition) is 3. The molecule has 1 aromatic rings. The molecule has 2 atom stereocenters. The molecule has 1 fully saturated rings. The fourth-order valence-electron chi connectivity index (χ4n) is 2.69. The first kappa shape index (κ1) is 21.4. The molecular formula is C15H21F3N4O4S. The summed E-state index contributed by atoms with van der Waals surface area (Å²) in [5.41, 5.74) is 4.96. The van der Waals surface area contributed by atoms with Crippen molar-refractivity contribution in [3.63, 3.8) is 0 Å². The zero-order chi connectivity index (χ0) is 20.4. The Bertz CT molecular complexity index is 801. The van der Waals surface area contributed by atoms with Gasteiger partial charge in [0.05, 0.1) is 12.2 Å². The topological polar surface area (TPSA) is 126 Å². The highest BCUT2D eigenvalue weighted by molar-refractivity contribution is 7.89. The van der Waals surface area contributed by atoms with Crippen LogP contribution in [0.1, 0.15) is 30.3 Å². The zero-order valence-electron chi connectivity index (χ0n) is 14.5. The number of piperidine rings is 1. The molecule has 0 aromatic carbocycles. The first-order chi connectivity index (χ1) is 12.4. The fraction of sp³-hybridized carbons (Fsp3) is 0.600. The Kier molecular flexibility index (Phi) is 6.32. The number of nitrogens with zero attached hydrogens (tertiary/aromatic N) is 2. The van der Waals surface area contributed by atoms with E-state index in [1.807, 2.05) is 12.2 Å². The number of halogens is 3. The van der Waals surface area contributed by atoms with Gasteiger partial charge in [-0.1, -0.05) is 6.92 Å². The predicted molar refractivity (Wildman–Crippen MR) is 90.2 cm³/mol. The van der Waals surface area contributed by atoms with Crippen LogP contribution in [0.5, 0.6) is 0 Å². The van der Waals surface area contributed by atoms with Gasteiger partial charge in [-0.05, 0) is 24.8 Å². The van der Waals surface area contributed by atoms with E-state index in [2.05, 4.69) is 4.98 Å². The highest BCUT2D eigenvalue weighted by Crippen LogP contribution is 2.25. The monoisotopic (exact) mass is 410 g/mol. The standard InChI is InChI=1S/C15H21F3N4O4S/c1-9-3-2-4-22(8-9)27(25,26)10-5-11(19)13(20-6-10)14(24)21-7-12(23)15(16,17)18/h5-6,9,12,23H,2-4,7-8,19H2,1H3,(H,21,24). The van der Waals surface area contributed by atoms with Gasteiger partial charge >= 0.3 is 6.18 Å². The maximum absolute atomic E-state index is 12.7. The predicted octanol–water partition coefficient (Wildman–Crippen LogP) is 0.737. The lowest BCUT2D eigenvalue weighted by molar-refractivity contribution is -0.201. The molecule has 1 amide bonds. The summed E-state index contributed by atoms with van der Waals surface area (Å²) in [6, 6.07) is 1.05. The summed E-state index contributed by atoms with van der Waals surface area (Å²) < 4.78 is 63.4. The van der Waals surface area contributed by atoms with Gasteiger partial charge in [-0.25, -0.2) is 13.4 Å². The highest BCUT2D eigenvalue weighted by Gasteiger charge is 2.38. The third-order valence-electron chi connectivity index (χ3n) is 4.20. The quantitative estimate of drug-likeness (QED) is 0.657. The van der Waals surface area contributed by atoms with Gasteiger partial charge in [-0.15, -0.1) is 0 Å². The van der Waals surface area contributed by atoms with E-state index in [1.54, 1.807) is 0 Å². The summed E-state index contributed by atoms with van der Waals surface area (Å²) in [6.07, 6.45) is -5.01. The van der Waals surface area contributed by atoms with Crippen LogP contribution in [0.4, 0.5) is 18.9 Å². The van der Waals surface area contributed by atoms with Crippen LogP contribution in [0, 0.1) is 5.92 Å². The van der Waals surface area contributed by atoms with Gasteiger partial charge < -0.3 is 16.2 Å². The van der Waals surface area contributed by atoms with E-state index >= 15 is 0 Å². The van der Waals surface area contributed by atoms with E-state index in [0.717, 1.165) is 25.1 Å². The molecule has 4 N–H and O–H groups in total. The third-order valence-corrected chi connectivity index (χ3v) is 6.03. The highest BCUT2D eigenvalue weighted by atomic mass is 32.2. The number of anilines is 1. The van der Waals surface area contributed by atoms with Crippen molar-refractivity contribution in [3.05, 3.63) is 18.0 Å². The maximum Gasteiger partial charge on any atom is 0.416 e. The number of nitrogens with two attached hydrogens (primary N) is 1. The lowest BCUT2D eigenvalue weighted by Gasteiger charge is -2.30. The van der Waals surface area contributed by atoms with E-state index in [9.17, 15) is 26.4 Å². The minimum absolute atomic E-state index is 0.194. The molecule has 0 aliphatic carbocycles. The molecule has 1 aromatic heterocycles. The van der Waals surface area contributed by atoms with Gasteiger partial charge in [0.15, 0.2) is 11.8 Å². The largest absolute Gasteiger partial charge is 0.416 e. The summed E-state index contributed by atoms with van der Waals surface area (Å²) in [6.45, 7) is 1.59. The van der Waals surface area contributed by atoms with Gasteiger partial charge in [0.25, 0.3) is 5.91 Å². The Balaban J connectivity index is 2.14. The van der Waals surface area contributed by atoms with E-state index in [-0.39, 0.29) is 16.5 Å².